The van der Waals surface area contributed by atoms with Crippen molar-refractivity contribution in [3.05, 3.63) is 11.4 Å². The summed E-state index contributed by atoms with van der Waals surface area (Å²) in [6, 6.07) is 0. The SMILES string of the molecule is CCS(=O)(=O)CCCn1nnc(C(=O)O)c1C(F)(F)F. The van der Waals surface area contributed by atoms with Crippen molar-refractivity contribution in [2.45, 2.75) is 26.1 Å². The Hall–Kier alpha value is -1.65. The molecule has 0 spiro atoms. The van der Waals surface area contributed by atoms with Gasteiger partial charge < -0.3 is 5.11 Å². The van der Waals surface area contributed by atoms with Crippen molar-refractivity contribution in [2.75, 3.05) is 11.5 Å². The van der Waals surface area contributed by atoms with Crippen molar-refractivity contribution in [3.8, 4) is 0 Å². The van der Waals surface area contributed by atoms with Gasteiger partial charge in [0.2, 0.25) is 5.69 Å². The van der Waals surface area contributed by atoms with Crippen molar-refractivity contribution in [3.63, 3.8) is 0 Å². The molecule has 114 valence electrons. The lowest BCUT2D eigenvalue weighted by atomic mass is 10.3. The molecule has 1 heterocycles. The van der Waals surface area contributed by atoms with Crippen LogP contribution in [0.1, 0.15) is 29.5 Å². The van der Waals surface area contributed by atoms with Gasteiger partial charge in [0.05, 0.1) is 5.75 Å². The van der Waals surface area contributed by atoms with Crippen LogP contribution >= 0.6 is 0 Å². The largest absolute Gasteiger partial charge is 0.476 e. The molecule has 0 saturated carbocycles. The summed E-state index contributed by atoms with van der Waals surface area (Å²) in [6.45, 7) is 1.04. The normalized spacial score (nSPS) is 12.6. The monoisotopic (exact) mass is 315 g/mol. The van der Waals surface area contributed by atoms with E-state index in [1.165, 1.54) is 6.92 Å². The molecule has 1 aromatic heterocycles. The maximum Gasteiger partial charge on any atom is 0.435 e. The highest BCUT2D eigenvalue weighted by Gasteiger charge is 2.41. The number of aryl methyl sites for hydroxylation is 1. The predicted molar refractivity (Wildman–Crippen MR) is 60.9 cm³/mol. The van der Waals surface area contributed by atoms with Crippen LogP contribution in [-0.4, -0.2) is 46.0 Å². The van der Waals surface area contributed by atoms with Gasteiger partial charge in [-0.05, 0) is 6.42 Å². The summed E-state index contributed by atoms with van der Waals surface area (Å²) in [7, 11) is -3.31. The molecule has 0 fully saturated rings. The standard InChI is InChI=1S/C9H12F3N3O4S/c1-2-20(18,19)5-3-4-15-7(9(10,11)12)6(8(16)17)13-14-15/h2-5H2,1H3,(H,16,17). The Balaban J connectivity index is 2.94. The summed E-state index contributed by atoms with van der Waals surface area (Å²) in [5.74, 6) is -2.26. The van der Waals surface area contributed by atoms with Crippen LogP contribution in [-0.2, 0) is 22.6 Å². The molecule has 7 nitrogen and oxygen atoms in total. The molecule has 0 atom stereocenters. The molecular formula is C9H12F3N3O4S. The quantitative estimate of drug-likeness (QED) is 0.834. The molecule has 0 unspecified atom stereocenters. The average molecular weight is 315 g/mol. The molecule has 0 aliphatic rings. The zero-order valence-corrected chi connectivity index (χ0v) is 11.2. The number of hydrogen-bond donors (Lipinski definition) is 1. The molecular weight excluding hydrogens is 303 g/mol. The minimum atomic E-state index is -4.93. The molecule has 0 amide bonds. The minimum absolute atomic E-state index is 0.109. The van der Waals surface area contributed by atoms with Crippen molar-refractivity contribution in [1.29, 1.82) is 0 Å². The first-order valence-electron chi connectivity index (χ1n) is 5.53. The predicted octanol–water partition coefficient (Wildman–Crippen LogP) is 0.820. The lowest BCUT2D eigenvalue weighted by Crippen LogP contribution is -2.20. The average Bonchev–Trinajstić information content (AvgIpc) is 2.72. The summed E-state index contributed by atoms with van der Waals surface area (Å²) in [5, 5.41) is 14.7. The number of aromatic carboxylic acids is 1. The second-order valence-electron chi connectivity index (χ2n) is 3.90. The van der Waals surface area contributed by atoms with E-state index in [9.17, 15) is 26.4 Å². The minimum Gasteiger partial charge on any atom is -0.476 e. The highest BCUT2D eigenvalue weighted by atomic mass is 32.2. The van der Waals surface area contributed by atoms with E-state index in [0.29, 0.717) is 4.68 Å². The Morgan fingerprint density at radius 2 is 2.00 bits per heavy atom. The number of alkyl halides is 3. The van der Waals surface area contributed by atoms with E-state index in [0.717, 1.165) is 0 Å². The Morgan fingerprint density at radius 3 is 2.45 bits per heavy atom. The van der Waals surface area contributed by atoms with E-state index in [1.807, 2.05) is 0 Å². The van der Waals surface area contributed by atoms with Crippen LogP contribution in [0.3, 0.4) is 0 Å². The van der Waals surface area contributed by atoms with Crippen LogP contribution in [0.15, 0.2) is 0 Å². The lowest BCUT2D eigenvalue weighted by Gasteiger charge is -2.09. The van der Waals surface area contributed by atoms with Crippen LogP contribution < -0.4 is 0 Å². The Morgan fingerprint density at radius 1 is 1.40 bits per heavy atom. The fraction of sp³-hybridized carbons (Fsp3) is 0.667. The lowest BCUT2D eigenvalue weighted by molar-refractivity contribution is -0.144. The first-order valence-corrected chi connectivity index (χ1v) is 7.35. The molecule has 1 N–H and O–H groups in total. The van der Waals surface area contributed by atoms with Crippen molar-refractivity contribution in [2.24, 2.45) is 0 Å². The summed E-state index contributed by atoms with van der Waals surface area (Å²) >= 11 is 0. The third-order valence-electron chi connectivity index (χ3n) is 2.47. The van der Waals surface area contributed by atoms with Crippen LogP contribution in [0.2, 0.25) is 0 Å². The topological polar surface area (TPSA) is 102 Å². The first-order chi connectivity index (χ1) is 9.08. The van der Waals surface area contributed by atoms with E-state index >= 15 is 0 Å². The summed E-state index contributed by atoms with van der Waals surface area (Å²) < 4.78 is 61.1. The van der Waals surface area contributed by atoms with Gasteiger partial charge in [-0.1, -0.05) is 12.1 Å². The maximum absolute atomic E-state index is 12.7. The smallest absolute Gasteiger partial charge is 0.435 e. The number of nitrogens with zero attached hydrogens (tertiary/aromatic N) is 3. The zero-order valence-electron chi connectivity index (χ0n) is 10.4. The third kappa shape index (κ3) is 3.92. The van der Waals surface area contributed by atoms with Gasteiger partial charge in [-0.3, -0.25) is 0 Å². The molecule has 0 saturated heterocycles. The number of carboxylic acid groups (broad SMARTS) is 1. The van der Waals surface area contributed by atoms with Crippen molar-refractivity contribution >= 4 is 15.8 Å². The highest BCUT2D eigenvalue weighted by Crippen LogP contribution is 2.31. The summed E-state index contributed by atoms with van der Waals surface area (Å²) in [5.41, 5.74) is -2.69. The Labute approximate surface area is 112 Å². The Kier molecular flexibility index (Phi) is 4.73. The first kappa shape index (κ1) is 16.4. The second kappa shape index (κ2) is 5.77. The van der Waals surface area contributed by atoms with Crippen molar-refractivity contribution < 1.29 is 31.5 Å². The molecule has 0 aromatic carbocycles. The van der Waals surface area contributed by atoms with Crippen molar-refractivity contribution in [1.82, 2.24) is 15.0 Å². The van der Waals surface area contributed by atoms with Gasteiger partial charge in [0.15, 0.2) is 5.69 Å². The van der Waals surface area contributed by atoms with Gasteiger partial charge in [0.25, 0.3) is 0 Å². The molecule has 1 aromatic rings. The van der Waals surface area contributed by atoms with Gasteiger partial charge in [-0.25, -0.2) is 17.9 Å². The summed E-state index contributed by atoms with van der Waals surface area (Å²) in [6.07, 6.45) is -5.04. The van der Waals surface area contributed by atoms with Gasteiger partial charge >= 0.3 is 12.1 Å². The van der Waals surface area contributed by atoms with Crippen LogP contribution in [0, 0.1) is 0 Å². The van der Waals surface area contributed by atoms with E-state index in [4.69, 9.17) is 5.11 Å². The molecule has 0 radical (unpaired) electrons. The molecule has 1 rings (SSSR count). The fourth-order valence-corrected chi connectivity index (χ4v) is 2.33. The van der Waals surface area contributed by atoms with Gasteiger partial charge in [-0.2, -0.15) is 13.2 Å². The van der Waals surface area contributed by atoms with E-state index in [2.05, 4.69) is 10.3 Å². The van der Waals surface area contributed by atoms with Gasteiger partial charge in [0, 0.05) is 12.3 Å². The van der Waals surface area contributed by atoms with E-state index in [-0.39, 0.29) is 24.5 Å². The van der Waals surface area contributed by atoms with Crippen LogP contribution in [0.5, 0.6) is 0 Å². The molecule has 0 aliphatic heterocycles. The number of sulfone groups is 1. The number of halogens is 3. The second-order valence-corrected chi connectivity index (χ2v) is 6.38. The fourth-order valence-electron chi connectivity index (χ4n) is 1.47. The zero-order chi connectivity index (χ0) is 15.6. The van der Waals surface area contributed by atoms with Crippen LogP contribution in [0.25, 0.3) is 0 Å². The molecule has 20 heavy (non-hydrogen) atoms. The van der Waals surface area contributed by atoms with Crippen LogP contribution in [0.4, 0.5) is 13.2 Å². The number of rotatable bonds is 6. The number of hydrogen-bond acceptors (Lipinski definition) is 5. The molecule has 0 bridgehead atoms. The number of aromatic nitrogens is 3. The van der Waals surface area contributed by atoms with E-state index < -0.39 is 33.4 Å². The summed E-state index contributed by atoms with van der Waals surface area (Å²) in [4.78, 5) is 10.6. The maximum atomic E-state index is 12.7. The molecule has 0 aliphatic carbocycles. The van der Waals surface area contributed by atoms with E-state index in [1.54, 1.807) is 0 Å². The van der Waals surface area contributed by atoms with Gasteiger partial charge in [-0.15, -0.1) is 5.10 Å². The molecule has 11 heteroatoms. The highest BCUT2D eigenvalue weighted by molar-refractivity contribution is 7.91. The number of carboxylic acids is 1. The Bertz CT molecular complexity index is 594. The number of carbonyl (C=O) groups is 1. The third-order valence-corrected chi connectivity index (χ3v) is 4.26. The van der Waals surface area contributed by atoms with Gasteiger partial charge in [0.1, 0.15) is 9.84 Å².